The van der Waals surface area contributed by atoms with Gasteiger partial charge in [0.15, 0.2) is 11.6 Å². The van der Waals surface area contributed by atoms with Gasteiger partial charge in [-0.25, -0.2) is 18.6 Å². The molecule has 0 aliphatic rings. The number of fused-ring (bicyclic) bond motifs is 1. The van der Waals surface area contributed by atoms with Crippen LogP contribution in [0.4, 0.5) is 8.78 Å². The fourth-order valence-corrected chi connectivity index (χ4v) is 2.19. The summed E-state index contributed by atoms with van der Waals surface area (Å²) >= 11 is 0. The van der Waals surface area contributed by atoms with Crippen molar-refractivity contribution in [2.24, 2.45) is 0 Å². The first-order valence-corrected chi connectivity index (χ1v) is 6.08. The second kappa shape index (κ2) is 4.69. The highest BCUT2D eigenvalue weighted by molar-refractivity contribution is 5.86. The Balaban J connectivity index is 2.00. The zero-order valence-electron chi connectivity index (χ0n) is 10.9. The lowest BCUT2D eigenvalue weighted by atomic mass is 10.2. The molecule has 0 unspecified atom stereocenters. The SMILES string of the molecule is Cc1cc(Cn2cnc3cc(F)c(F)cc32)oc1C(=O)O. The van der Waals surface area contributed by atoms with Crippen LogP contribution in [0.2, 0.25) is 0 Å². The Kier molecular flexibility index (Phi) is 2.97. The average molecular weight is 292 g/mol. The minimum absolute atomic E-state index is 0.133. The Labute approximate surface area is 117 Å². The Morgan fingerprint density at radius 1 is 1.33 bits per heavy atom. The van der Waals surface area contributed by atoms with Gasteiger partial charge in [-0.1, -0.05) is 0 Å². The van der Waals surface area contributed by atoms with Gasteiger partial charge in [-0.2, -0.15) is 0 Å². The second-order valence-electron chi connectivity index (χ2n) is 4.66. The van der Waals surface area contributed by atoms with Crippen LogP contribution in [-0.4, -0.2) is 20.6 Å². The van der Waals surface area contributed by atoms with Crippen molar-refractivity contribution in [3.63, 3.8) is 0 Å². The van der Waals surface area contributed by atoms with Crippen LogP contribution in [0.15, 0.2) is 28.9 Å². The number of benzene rings is 1. The number of halogens is 2. The molecular weight excluding hydrogens is 282 g/mol. The van der Waals surface area contributed by atoms with Crippen molar-refractivity contribution < 1.29 is 23.1 Å². The molecule has 5 nitrogen and oxygen atoms in total. The molecular formula is C14H10F2N2O3. The maximum Gasteiger partial charge on any atom is 0.372 e. The van der Waals surface area contributed by atoms with E-state index in [1.54, 1.807) is 17.6 Å². The number of aryl methyl sites for hydroxylation is 1. The Morgan fingerprint density at radius 2 is 2.05 bits per heavy atom. The predicted molar refractivity (Wildman–Crippen MR) is 69.2 cm³/mol. The number of imidazole rings is 1. The number of carboxylic acids is 1. The number of hydrogen-bond acceptors (Lipinski definition) is 3. The van der Waals surface area contributed by atoms with E-state index in [0.717, 1.165) is 12.1 Å². The predicted octanol–water partition coefficient (Wildman–Crippen LogP) is 2.96. The van der Waals surface area contributed by atoms with Crippen molar-refractivity contribution in [1.82, 2.24) is 9.55 Å². The van der Waals surface area contributed by atoms with Gasteiger partial charge in [-0.05, 0) is 13.0 Å². The Bertz CT molecular complexity index is 851. The lowest BCUT2D eigenvalue weighted by Crippen LogP contribution is -1.98. The minimum Gasteiger partial charge on any atom is -0.475 e. The van der Waals surface area contributed by atoms with Gasteiger partial charge in [0.05, 0.1) is 23.9 Å². The molecule has 21 heavy (non-hydrogen) atoms. The molecule has 0 atom stereocenters. The van der Waals surface area contributed by atoms with Crippen molar-refractivity contribution in [3.05, 3.63) is 53.2 Å². The number of hydrogen-bond donors (Lipinski definition) is 1. The van der Waals surface area contributed by atoms with Crippen LogP contribution in [0.5, 0.6) is 0 Å². The number of aromatic nitrogens is 2. The molecule has 0 aliphatic carbocycles. The number of nitrogens with zero attached hydrogens (tertiary/aromatic N) is 2. The first-order valence-electron chi connectivity index (χ1n) is 6.08. The van der Waals surface area contributed by atoms with Crippen LogP contribution in [-0.2, 0) is 6.54 Å². The largest absolute Gasteiger partial charge is 0.475 e. The minimum atomic E-state index is -1.15. The van der Waals surface area contributed by atoms with E-state index in [9.17, 15) is 13.6 Å². The molecule has 0 saturated heterocycles. The summed E-state index contributed by atoms with van der Waals surface area (Å²) in [7, 11) is 0. The molecule has 0 fully saturated rings. The van der Waals surface area contributed by atoms with Crippen LogP contribution >= 0.6 is 0 Å². The summed E-state index contributed by atoms with van der Waals surface area (Å²) in [6.07, 6.45) is 1.42. The van der Waals surface area contributed by atoms with Gasteiger partial charge in [-0.15, -0.1) is 0 Å². The van der Waals surface area contributed by atoms with Crippen LogP contribution in [0.3, 0.4) is 0 Å². The van der Waals surface area contributed by atoms with E-state index in [0.29, 0.717) is 22.4 Å². The van der Waals surface area contributed by atoms with Crippen molar-refractivity contribution in [1.29, 1.82) is 0 Å². The summed E-state index contributed by atoms with van der Waals surface area (Å²) in [5.74, 6) is -2.82. The van der Waals surface area contributed by atoms with Crippen LogP contribution in [0.25, 0.3) is 11.0 Å². The highest BCUT2D eigenvalue weighted by Crippen LogP contribution is 2.20. The van der Waals surface area contributed by atoms with Gasteiger partial charge in [0, 0.05) is 17.7 Å². The van der Waals surface area contributed by atoms with Gasteiger partial charge in [0.25, 0.3) is 0 Å². The molecule has 0 saturated carbocycles. The molecule has 0 amide bonds. The van der Waals surface area contributed by atoms with E-state index in [1.165, 1.54) is 6.33 Å². The molecule has 2 heterocycles. The van der Waals surface area contributed by atoms with Gasteiger partial charge >= 0.3 is 5.97 Å². The summed E-state index contributed by atoms with van der Waals surface area (Å²) in [4.78, 5) is 14.9. The van der Waals surface area contributed by atoms with Gasteiger partial charge in [0.2, 0.25) is 5.76 Å². The van der Waals surface area contributed by atoms with Gasteiger partial charge < -0.3 is 14.1 Å². The fourth-order valence-electron chi connectivity index (χ4n) is 2.19. The van der Waals surface area contributed by atoms with Crippen LogP contribution < -0.4 is 0 Å². The van der Waals surface area contributed by atoms with Crippen LogP contribution in [0, 0.1) is 18.6 Å². The van der Waals surface area contributed by atoms with Gasteiger partial charge in [-0.3, -0.25) is 0 Å². The number of carbonyl (C=O) groups is 1. The van der Waals surface area contributed by atoms with Crippen molar-refractivity contribution in [2.45, 2.75) is 13.5 Å². The average Bonchev–Trinajstić information content (AvgIpc) is 2.96. The second-order valence-corrected chi connectivity index (χ2v) is 4.66. The van der Waals surface area contributed by atoms with Crippen molar-refractivity contribution in [2.75, 3.05) is 0 Å². The molecule has 3 rings (SSSR count). The number of rotatable bonds is 3. The van der Waals surface area contributed by atoms with Crippen molar-refractivity contribution in [3.8, 4) is 0 Å². The van der Waals surface area contributed by atoms with Crippen molar-refractivity contribution >= 4 is 17.0 Å². The summed E-state index contributed by atoms with van der Waals surface area (Å²) in [6.45, 7) is 1.80. The number of furan rings is 1. The zero-order chi connectivity index (χ0) is 15.1. The van der Waals surface area contributed by atoms with E-state index in [4.69, 9.17) is 9.52 Å². The molecule has 0 radical (unpaired) electrons. The molecule has 108 valence electrons. The third-order valence-electron chi connectivity index (χ3n) is 3.15. The summed E-state index contributed by atoms with van der Waals surface area (Å²) < 4.78 is 33.2. The monoisotopic (exact) mass is 292 g/mol. The highest BCUT2D eigenvalue weighted by atomic mass is 19.2. The van der Waals surface area contributed by atoms with E-state index in [1.807, 2.05) is 0 Å². The Morgan fingerprint density at radius 3 is 2.71 bits per heavy atom. The summed E-state index contributed by atoms with van der Waals surface area (Å²) in [5, 5.41) is 8.94. The topological polar surface area (TPSA) is 68.3 Å². The first-order chi connectivity index (χ1) is 9.95. The molecule has 1 N–H and O–H groups in total. The zero-order valence-corrected chi connectivity index (χ0v) is 10.9. The van der Waals surface area contributed by atoms with Crippen LogP contribution in [0.1, 0.15) is 21.9 Å². The third kappa shape index (κ3) is 2.26. The first kappa shape index (κ1) is 13.3. The highest BCUT2D eigenvalue weighted by Gasteiger charge is 2.16. The molecule has 0 spiro atoms. The summed E-state index contributed by atoms with van der Waals surface area (Å²) in [5.41, 5.74) is 1.22. The third-order valence-corrected chi connectivity index (χ3v) is 3.15. The number of aromatic carboxylic acids is 1. The quantitative estimate of drug-likeness (QED) is 0.805. The normalized spacial score (nSPS) is 11.2. The maximum absolute atomic E-state index is 13.3. The van der Waals surface area contributed by atoms with E-state index >= 15 is 0 Å². The molecule has 0 aliphatic heterocycles. The lowest BCUT2D eigenvalue weighted by molar-refractivity contribution is 0.0659. The molecule has 0 bridgehead atoms. The lowest BCUT2D eigenvalue weighted by Gasteiger charge is -2.02. The molecule has 3 aromatic rings. The number of carboxylic acid groups (broad SMARTS) is 1. The molecule has 7 heteroatoms. The fraction of sp³-hybridized carbons (Fsp3) is 0.143. The Hall–Kier alpha value is -2.70. The van der Waals surface area contributed by atoms with E-state index in [-0.39, 0.29) is 12.3 Å². The standard InChI is InChI=1S/C14H10F2N2O3/c1-7-2-8(21-13(7)14(19)20)5-18-6-17-11-3-9(15)10(16)4-12(11)18/h2-4,6H,5H2,1H3,(H,19,20). The maximum atomic E-state index is 13.3. The van der Waals surface area contributed by atoms with E-state index in [2.05, 4.69) is 4.98 Å². The van der Waals surface area contributed by atoms with E-state index < -0.39 is 17.6 Å². The summed E-state index contributed by atoms with van der Waals surface area (Å²) in [6, 6.07) is 3.65. The smallest absolute Gasteiger partial charge is 0.372 e. The molecule has 2 aromatic heterocycles. The molecule has 1 aromatic carbocycles. The van der Waals surface area contributed by atoms with Gasteiger partial charge in [0.1, 0.15) is 5.76 Å².